The van der Waals surface area contributed by atoms with Crippen LogP contribution in [0.15, 0.2) is 42.5 Å². The van der Waals surface area contributed by atoms with E-state index >= 15 is 0 Å². The zero-order valence-electron chi connectivity index (χ0n) is 12.7. The van der Waals surface area contributed by atoms with E-state index in [0.717, 1.165) is 23.5 Å². The fourth-order valence-electron chi connectivity index (χ4n) is 2.34. The third kappa shape index (κ3) is 3.79. The molecule has 1 unspecified atom stereocenters. The van der Waals surface area contributed by atoms with Gasteiger partial charge in [-0.25, -0.2) is 0 Å². The minimum atomic E-state index is 0.146. The highest BCUT2D eigenvalue weighted by atomic mass is 79.9. The monoisotopic (exact) mass is 348 g/mol. The molecule has 21 heavy (non-hydrogen) atoms. The van der Waals surface area contributed by atoms with Crippen molar-refractivity contribution < 1.29 is 9.47 Å². The smallest absolute Gasteiger partial charge is 0.161 e. The maximum Gasteiger partial charge on any atom is 0.161 e. The summed E-state index contributed by atoms with van der Waals surface area (Å²) < 4.78 is 10.6. The maximum atomic E-state index is 5.37. The summed E-state index contributed by atoms with van der Waals surface area (Å²) in [5, 5.41) is 0. The summed E-state index contributed by atoms with van der Waals surface area (Å²) in [4.78, 5) is 0.146. The number of methoxy groups -OCH3 is 2. The van der Waals surface area contributed by atoms with Gasteiger partial charge in [0.1, 0.15) is 0 Å². The molecule has 0 aliphatic rings. The Morgan fingerprint density at radius 3 is 2.10 bits per heavy atom. The molecule has 0 saturated heterocycles. The summed E-state index contributed by atoms with van der Waals surface area (Å²) in [6, 6.07) is 14.8. The fourth-order valence-corrected chi connectivity index (χ4v) is 2.93. The summed E-state index contributed by atoms with van der Waals surface area (Å²) in [5.41, 5.74) is 3.77. The molecule has 2 aromatic carbocycles. The highest BCUT2D eigenvalue weighted by molar-refractivity contribution is 9.09. The van der Waals surface area contributed by atoms with Crippen LogP contribution in [0.5, 0.6) is 11.5 Å². The first kappa shape index (κ1) is 15.9. The van der Waals surface area contributed by atoms with Crippen LogP contribution >= 0.6 is 15.9 Å². The van der Waals surface area contributed by atoms with Crippen LogP contribution in [0.4, 0.5) is 0 Å². The van der Waals surface area contributed by atoms with Gasteiger partial charge in [-0.1, -0.05) is 59.6 Å². The van der Waals surface area contributed by atoms with E-state index in [1.165, 1.54) is 17.5 Å². The van der Waals surface area contributed by atoms with Crippen LogP contribution in [0.3, 0.4) is 0 Å². The Bertz CT molecular complexity index is 578. The van der Waals surface area contributed by atoms with Gasteiger partial charge in [-0.15, -0.1) is 0 Å². The average molecular weight is 349 g/mol. The minimum absolute atomic E-state index is 0.146. The molecule has 0 fully saturated rings. The quantitative estimate of drug-likeness (QED) is 0.672. The van der Waals surface area contributed by atoms with Crippen molar-refractivity contribution in [1.82, 2.24) is 0 Å². The van der Waals surface area contributed by atoms with E-state index in [9.17, 15) is 0 Å². The van der Waals surface area contributed by atoms with Crippen LogP contribution in [0.1, 0.15) is 34.9 Å². The molecule has 0 saturated carbocycles. The lowest BCUT2D eigenvalue weighted by Gasteiger charge is -2.14. The van der Waals surface area contributed by atoms with Gasteiger partial charge in [0.25, 0.3) is 0 Å². The Morgan fingerprint density at radius 1 is 0.905 bits per heavy atom. The van der Waals surface area contributed by atoms with Gasteiger partial charge in [0.2, 0.25) is 0 Å². The normalized spacial score (nSPS) is 12.0. The Balaban J connectivity index is 2.24. The van der Waals surface area contributed by atoms with E-state index in [4.69, 9.17) is 9.47 Å². The van der Waals surface area contributed by atoms with Crippen LogP contribution in [0, 0.1) is 0 Å². The Morgan fingerprint density at radius 2 is 1.52 bits per heavy atom. The molecule has 0 aromatic heterocycles. The number of benzene rings is 2. The molecule has 0 radical (unpaired) electrons. The van der Waals surface area contributed by atoms with Gasteiger partial charge >= 0.3 is 0 Å². The van der Waals surface area contributed by atoms with E-state index in [-0.39, 0.29) is 4.83 Å². The largest absolute Gasteiger partial charge is 0.493 e. The lowest BCUT2D eigenvalue weighted by Crippen LogP contribution is -1.96. The molecule has 2 nitrogen and oxygen atoms in total. The van der Waals surface area contributed by atoms with Crippen molar-refractivity contribution in [3.8, 4) is 11.5 Å². The summed E-state index contributed by atoms with van der Waals surface area (Å²) in [6.45, 7) is 2.20. The van der Waals surface area contributed by atoms with Crippen LogP contribution in [-0.4, -0.2) is 14.2 Å². The molecule has 0 heterocycles. The maximum absolute atomic E-state index is 5.37. The fraction of sp³-hybridized carbons (Fsp3) is 0.333. The Hall–Kier alpha value is -1.48. The van der Waals surface area contributed by atoms with Crippen LogP contribution < -0.4 is 9.47 Å². The van der Waals surface area contributed by atoms with Gasteiger partial charge < -0.3 is 9.47 Å². The van der Waals surface area contributed by atoms with Crippen molar-refractivity contribution in [2.75, 3.05) is 14.2 Å². The van der Waals surface area contributed by atoms with Crippen LogP contribution in [-0.2, 0) is 6.42 Å². The molecule has 2 rings (SSSR count). The van der Waals surface area contributed by atoms with Gasteiger partial charge in [0.05, 0.1) is 19.0 Å². The lowest BCUT2D eigenvalue weighted by atomic mass is 10.0. The van der Waals surface area contributed by atoms with E-state index in [2.05, 4.69) is 53.2 Å². The average Bonchev–Trinajstić information content (AvgIpc) is 2.54. The predicted molar refractivity (Wildman–Crippen MR) is 90.8 cm³/mol. The van der Waals surface area contributed by atoms with Gasteiger partial charge in [-0.3, -0.25) is 0 Å². The third-order valence-electron chi connectivity index (χ3n) is 3.51. The Labute approximate surface area is 135 Å². The predicted octanol–water partition coefficient (Wildman–Crippen LogP) is 5.14. The molecule has 112 valence electrons. The molecule has 0 aliphatic carbocycles. The standard InChI is InChI=1S/C18H21BrO2/c1-4-5-13-6-8-14(9-7-13)18(19)15-10-11-16(20-2)17(12-15)21-3/h6-12,18H,4-5H2,1-3H3. The topological polar surface area (TPSA) is 18.5 Å². The molecule has 0 amide bonds. The number of alkyl halides is 1. The molecular weight excluding hydrogens is 328 g/mol. The number of ether oxygens (including phenoxy) is 2. The SMILES string of the molecule is CCCc1ccc(C(Br)c2ccc(OC)c(OC)c2)cc1. The van der Waals surface area contributed by atoms with Crippen LogP contribution in [0.2, 0.25) is 0 Å². The summed E-state index contributed by atoms with van der Waals surface area (Å²) in [7, 11) is 3.31. The van der Waals surface area contributed by atoms with Crippen molar-refractivity contribution in [1.29, 1.82) is 0 Å². The molecule has 0 aliphatic heterocycles. The van der Waals surface area contributed by atoms with Gasteiger partial charge in [-0.2, -0.15) is 0 Å². The van der Waals surface area contributed by atoms with Crippen molar-refractivity contribution in [2.24, 2.45) is 0 Å². The molecule has 0 N–H and O–H groups in total. The molecule has 0 bridgehead atoms. The van der Waals surface area contributed by atoms with E-state index in [0.29, 0.717) is 0 Å². The molecular formula is C18H21BrO2. The van der Waals surface area contributed by atoms with Gasteiger partial charge in [-0.05, 0) is 35.2 Å². The number of aryl methyl sites for hydroxylation is 1. The molecule has 1 atom stereocenters. The molecule has 3 heteroatoms. The second-order valence-electron chi connectivity index (χ2n) is 4.97. The first-order chi connectivity index (χ1) is 10.2. The molecule has 2 aromatic rings. The highest BCUT2D eigenvalue weighted by Gasteiger charge is 2.13. The van der Waals surface area contributed by atoms with E-state index in [1.807, 2.05) is 12.1 Å². The lowest BCUT2D eigenvalue weighted by molar-refractivity contribution is 0.354. The van der Waals surface area contributed by atoms with Crippen molar-refractivity contribution in [2.45, 2.75) is 24.6 Å². The van der Waals surface area contributed by atoms with Crippen molar-refractivity contribution in [3.63, 3.8) is 0 Å². The van der Waals surface area contributed by atoms with Crippen LogP contribution in [0.25, 0.3) is 0 Å². The van der Waals surface area contributed by atoms with E-state index < -0.39 is 0 Å². The zero-order valence-corrected chi connectivity index (χ0v) is 14.3. The first-order valence-electron chi connectivity index (χ1n) is 7.14. The highest BCUT2D eigenvalue weighted by Crippen LogP contribution is 2.36. The number of halogens is 1. The first-order valence-corrected chi connectivity index (χ1v) is 8.06. The van der Waals surface area contributed by atoms with Gasteiger partial charge in [0.15, 0.2) is 11.5 Å². The summed E-state index contributed by atoms with van der Waals surface area (Å²) >= 11 is 3.77. The van der Waals surface area contributed by atoms with Gasteiger partial charge in [0, 0.05) is 0 Å². The number of rotatable bonds is 6. The van der Waals surface area contributed by atoms with E-state index in [1.54, 1.807) is 14.2 Å². The van der Waals surface area contributed by atoms with Crippen molar-refractivity contribution in [3.05, 3.63) is 59.2 Å². The zero-order chi connectivity index (χ0) is 15.2. The second kappa shape index (κ2) is 7.51. The summed E-state index contributed by atoms with van der Waals surface area (Å²) in [5.74, 6) is 1.50. The third-order valence-corrected chi connectivity index (χ3v) is 4.57. The number of hydrogen-bond acceptors (Lipinski definition) is 2. The molecule has 0 spiro atoms. The van der Waals surface area contributed by atoms with Crippen molar-refractivity contribution >= 4 is 15.9 Å². The summed E-state index contributed by atoms with van der Waals surface area (Å²) in [6.07, 6.45) is 2.30. The second-order valence-corrected chi connectivity index (χ2v) is 5.88. The minimum Gasteiger partial charge on any atom is -0.493 e. The Kier molecular flexibility index (Phi) is 5.68. The number of hydrogen-bond donors (Lipinski definition) is 0.